The molecule has 0 heterocycles. The molecule has 0 spiro atoms. The number of aliphatic carboxylic acids is 1. The highest BCUT2D eigenvalue weighted by molar-refractivity contribution is 6.04. The van der Waals surface area contributed by atoms with Gasteiger partial charge in [0.1, 0.15) is 11.2 Å². The monoisotopic (exact) mass is 265 g/mol. The molecule has 1 aromatic rings. The summed E-state index contributed by atoms with van der Waals surface area (Å²) in [5.41, 5.74) is -0.110. The van der Waals surface area contributed by atoms with Gasteiger partial charge in [0.2, 0.25) is 5.91 Å². The molecule has 5 heteroatoms. The second kappa shape index (κ2) is 4.64. The van der Waals surface area contributed by atoms with Crippen LogP contribution in [-0.4, -0.2) is 17.0 Å². The Morgan fingerprint density at radius 3 is 2.53 bits per heavy atom. The maximum absolute atomic E-state index is 13.4. The van der Waals surface area contributed by atoms with Crippen molar-refractivity contribution in [1.29, 1.82) is 0 Å². The summed E-state index contributed by atoms with van der Waals surface area (Å²) in [6.07, 6.45) is 0.728. The van der Waals surface area contributed by atoms with Crippen molar-refractivity contribution in [1.82, 2.24) is 5.32 Å². The SMILES string of the molecule is Cc1ccc([C@H](C)NC(=O)C2(C(=O)O)CC2)cc1F. The van der Waals surface area contributed by atoms with Crippen molar-refractivity contribution in [2.75, 3.05) is 0 Å². The lowest BCUT2D eigenvalue weighted by atomic mass is 10.0. The zero-order valence-electron chi connectivity index (χ0n) is 10.9. The van der Waals surface area contributed by atoms with Gasteiger partial charge in [-0.1, -0.05) is 12.1 Å². The van der Waals surface area contributed by atoms with Crippen molar-refractivity contribution in [2.24, 2.45) is 5.41 Å². The number of halogens is 1. The van der Waals surface area contributed by atoms with E-state index in [4.69, 9.17) is 5.11 Å². The Hall–Kier alpha value is -1.91. The second-order valence-corrected chi connectivity index (χ2v) is 5.09. The fourth-order valence-corrected chi connectivity index (χ4v) is 1.96. The number of carbonyl (C=O) groups excluding carboxylic acids is 1. The van der Waals surface area contributed by atoms with Crippen LogP contribution < -0.4 is 5.32 Å². The van der Waals surface area contributed by atoms with E-state index >= 15 is 0 Å². The minimum Gasteiger partial charge on any atom is -0.480 e. The number of nitrogens with one attached hydrogen (secondary N) is 1. The number of aryl methyl sites for hydroxylation is 1. The van der Waals surface area contributed by atoms with Gasteiger partial charge in [-0.3, -0.25) is 9.59 Å². The van der Waals surface area contributed by atoms with E-state index in [2.05, 4.69) is 5.32 Å². The lowest BCUT2D eigenvalue weighted by molar-refractivity contribution is -0.149. The summed E-state index contributed by atoms with van der Waals surface area (Å²) in [6, 6.07) is 4.31. The van der Waals surface area contributed by atoms with E-state index in [1.807, 2.05) is 0 Å². The smallest absolute Gasteiger partial charge is 0.319 e. The van der Waals surface area contributed by atoms with Crippen LogP contribution in [-0.2, 0) is 9.59 Å². The highest BCUT2D eigenvalue weighted by atomic mass is 19.1. The predicted octanol–water partition coefficient (Wildman–Crippen LogP) is 2.18. The second-order valence-electron chi connectivity index (χ2n) is 5.09. The first-order valence-corrected chi connectivity index (χ1v) is 6.17. The van der Waals surface area contributed by atoms with Gasteiger partial charge < -0.3 is 10.4 Å². The van der Waals surface area contributed by atoms with Crippen molar-refractivity contribution in [3.05, 3.63) is 35.1 Å². The normalized spacial score (nSPS) is 17.6. The quantitative estimate of drug-likeness (QED) is 0.820. The molecule has 1 aliphatic carbocycles. The maximum Gasteiger partial charge on any atom is 0.319 e. The molecule has 1 aromatic carbocycles. The Labute approximate surface area is 110 Å². The third-order valence-electron chi connectivity index (χ3n) is 3.64. The minimum atomic E-state index is -1.27. The number of carboxylic acid groups (broad SMARTS) is 1. The largest absolute Gasteiger partial charge is 0.480 e. The highest BCUT2D eigenvalue weighted by Gasteiger charge is 2.57. The molecule has 1 amide bonds. The summed E-state index contributed by atoms with van der Waals surface area (Å²) in [4.78, 5) is 22.9. The molecule has 0 aliphatic heterocycles. The van der Waals surface area contributed by atoms with E-state index in [0.29, 0.717) is 24.0 Å². The van der Waals surface area contributed by atoms with Gasteiger partial charge >= 0.3 is 5.97 Å². The number of benzene rings is 1. The molecule has 0 aromatic heterocycles. The van der Waals surface area contributed by atoms with E-state index in [-0.39, 0.29) is 5.82 Å². The number of rotatable bonds is 4. The zero-order valence-corrected chi connectivity index (χ0v) is 10.9. The average Bonchev–Trinajstić information content (AvgIpc) is 3.13. The fourth-order valence-electron chi connectivity index (χ4n) is 1.96. The summed E-state index contributed by atoms with van der Waals surface area (Å²) >= 11 is 0. The van der Waals surface area contributed by atoms with Crippen molar-refractivity contribution in [3.63, 3.8) is 0 Å². The van der Waals surface area contributed by atoms with Crippen LogP contribution in [0.2, 0.25) is 0 Å². The van der Waals surface area contributed by atoms with Crippen molar-refractivity contribution >= 4 is 11.9 Å². The third-order valence-corrected chi connectivity index (χ3v) is 3.64. The molecule has 2 N–H and O–H groups in total. The van der Waals surface area contributed by atoms with Gasteiger partial charge in [0, 0.05) is 0 Å². The highest BCUT2D eigenvalue weighted by Crippen LogP contribution is 2.46. The molecule has 1 atom stereocenters. The first kappa shape index (κ1) is 13.5. The average molecular weight is 265 g/mol. The minimum absolute atomic E-state index is 0.335. The molecule has 1 fully saturated rings. The molecule has 1 saturated carbocycles. The Morgan fingerprint density at radius 1 is 1.42 bits per heavy atom. The topological polar surface area (TPSA) is 66.4 Å². The van der Waals surface area contributed by atoms with E-state index in [1.165, 1.54) is 6.07 Å². The Kier molecular flexibility index (Phi) is 3.30. The molecular weight excluding hydrogens is 249 g/mol. The van der Waals surface area contributed by atoms with Crippen molar-refractivity contribution < 1.29 is 19.1 Å². The number of carbonyl (C=O) groups is 2. The van der Waals surface area contributed by atoms with Gasteiger partial charge in [-0.25, -0.2) is 4.39 Å². The molecule has 19 heavy (non-hydrogen) atoms. The Bertz CT molecular complexity index is 537. The first-order valence-electron chi connectivity index (χ1n) is 6.17. The van der Waals surface area contributed by atoms with E-state index in [9.17, 15) is 14.0 Å². The van der Waals surface area contributed by atoms with Crippen molar-refractivity contribution in [2.45, 2.75) is 32.7 Å². The molecular formula is C14H16FNO3. The van der Waals surface area contributed by atoms with Crippen LogP contribution in [0.5, 0.6) is 0 Å². The maximum atomic E-state index is 13.4. The van der Waals surface area contributed by atoms with Gasteiger partial charge in [0.15, 0.2) is 0 Å². The number of hydrogen-bond donors (Lipinski definition) is 2. The third kappa shape index (κ3) is 2.45. The standard InChI is InChI=1S/C14H16FNO3/c1-8-3-4-10(7-11(8)15)9(2)16-12(17)14(5-6-14)13(18)19/h3-4,7,9H,5-6H2,1-2H3,(H,16,17)(H,18,19)/t9-/m0/s1. The van der Waals surface area contributed by atoms with Crippen LogP contribution in [0, 0.1) is 18.2 Å². The molecule has 0 bridgehead atoms. The molecule has 0 radical (unpaired) electrons. The molecule has 4 nitrogen and oxygen atoms in total. The van der Waals surface area contributed by atoms with Crippen LogP contribution in [0.15, 0.2) is 18.2 Å². The first-order chi connectivity index (χ1) is 8.86. The van der Waals surface area contributed by atoms with Crippen LogP contribution in [0.1, 0.15) is 36.9 Å². The zero-order chi connectivity index (χ0) is 14.2. The van der Waals surface area contributed by atoms with Gasteiger partial charge in [0.25, 0.3) is 0 Å². The van der Waals surface area contributed by atoms with E-state index in [1.54, 1.807) is 26.0 Å². The fraction of sp³-hybridized carbons (Fsp3) is 0.429. The van der Waals surface area contributed by atoms with Crippen LogP contribution in [0.25, 0.3) is 0 Å². The van der Waals surface area contributed by atoms with Crippen LogP contribution in [0.3, 0.4) is 0 Å². The summed E-state index contributed by atoms with van der Waals surface area (Å²) in [7, 11) is 0. The lowest BCUT2D eigenvalue weighted by Crippen LogP contribution is -2.38. The molecule has 0 unspecified atom stereocenters. The van der Waals surface area contributed by atoms with Crippen LogP contribution >= 0.6 is 0 Å². The van der Waals surface area contributed by atoms with Crippen molar-refractivity contribution in [3.8, 4) is 0 Å². The number of amides is 1. The summed E-state index contributed by atoms with van der Waals surface area (Å²) in [5.74, 6) is -1.92. The number of hydrogen-bond acceptors (Lipinski definition) is 2. The molecule has 1 aliphatic rings. The molecule has 2 rings (SSSR count). The summed E-state index contributed by atoms with van der Waals surface area (Å²) < 4.78 is 13.4. The lowest BCUT2D eigenvalue weighted by Gasteiger charge is -2.17. The van der Waals surface area contributed by atoms with Gasteiger partial charge in [0.05, 0.1) is 6.04 Å². The summed E-state index contributed by atoms with van der Waals surface area (Å²) in [5, 5.41) is 11.7. The van der Waals surface area contributed by atoms with Gasteiger partial charge in [-0.05, 0) is 43.9 Å². The Morgan fingerprint density at radius 2 is 2.05 bits per heavy atom. The van der Waals surface area contributed by atoms with Gasteiger partial charge in [-0.2, -0.15) is 0 Å². The van der Waals surface area contributed by atoms with E-state index < -0.39 is 23.3 Å². The molecule has 102 valence electrons. The van der Waals surface area contributed by atoms with E-state index in [0.717, 1.165) is 0 Å². The Balaban J connectivity index is 2.09. The van der Waals surface area contributed by atoms with Gasteiger partial charge in [-0.15, -0.1) is 0 Å². The predicted molar refractivity (Wildman–Crippen MR) is 67.0 cm³/mol. The summed E-state index contributed by atoms with van der Waals surface area (Å²) in [6.45, 7) is 3.37. The molecule has 0 saturated heterocycles. The number of carboxylic acids is 1. The van der Waals surface area contributed by atoms with Crippen LogP contribution in [0.4, 0.5) is 4.39 Å².